The smallest absolute Gasteiger partial charge is 0.292 e. The number of aryl methyl sites for hydroxylation is 1. The van der Waals surface area contributed by atoms with Crippen molar-refractivity contribution in [2.24, 2.45) is 0 Å². The summed E-state index contributed by atoms with van der Waals surface area (Å²) < 4.78 is 10.7. The molecule has 1 heterocycles. The van der Waals surface area contributed by atoms with Crippen molar-refractivity contribution >= 4 is 11.7 Å². The summed E-state index contributed by atoms with van der Waals surface area (Å²) in [5.41, 5.74) is 2.50. The zero-order valence-corrected chi connectivity index (χ0v) is 16.3. The Hall–Kier alpha value is -2.70. The number of hydrogen-bond donors (Lipinski definition) is 1. The van der Waals surface area contributed by atoms with Gasteiger partial charge in [-0.05, 0) is 24.6 Å². The summed E-state index contributed by atoms with van der Waals surface area (Å²) in [6, 6.07) is 14.8. The van der Waals surface area contributed by atoms with Gasteiger partial charge in [0.25, 0.3) is 5.91 Å². The van der Waals surface area contributed by atoms with Crippen LogP contribution >= 0.6 is 0 Å². The highest BCUT2D eigenvalue weighted by molar-refractivity contribution is 6.42. The monoisotopic (exact) mass is 382 g/mol. The van der Waals surface area contributed by atoms with Crippen LogP contribution in [0.5, 0.6) is 5.75 Å². The van der Waals surface area contributed by atoms with Crippen LogP contribution in [-0.2, 0) is 9.53 Å². The molecule has 1 unspecified atom stereocenters. The summed E-state index contributed by atoms with van der Waals surface area (Å²) in [6.45, 7) is 5.15. The van der Waals surface area contributed by atoms with Crippen LogP contribution in [0.4, 0.5) is 0 Å². The van der Waals surface area contributed by atoms with E-state index >= 15 is 0 Å². The molecule has 148 valence electrons. The normalized spacial score (nSPS) is 15.6. The first-order chi connectivity index (χ1) is 13.6. The lowest BCUT2D eigenvalue weighted by Crippen LogP contribution is -2.44. The number of morpholine rings is 1. The van der Waals surface area contributed by atoms with Gasteiger partial charge in [-0.25, -0.2) is 0 Å². The third kappa shape index (κ3) is 4.97. The van der Waals surface area contributed by atoms with E-state index in [1.165, 1.54) is 0 Å². The Labute approximate surface area is 165 Å². The van der Waals surface area contributed by atoms with E-state index in [1.54, 1.807) is 19.2 Å². The van der Waals surface area contributed by atoms with E-state index in [4.69, 9.17) is 9.47 Å². The number of amides is 1. The molecule has 3 rings (SSSR count). The number of carbonyl (C=O) groups is 2. The zero-order valence-electron chi connectivity index (χ0n) is 16.3. The second kappa shape index (κ2) is 9.48. The summed E-state index contributed by atoms with van der Waals surface area (Å²) in [7, 11) is 1.63. The number of nitrogens with zero attached hydrogens (tertiary/aromatic N) is 1. The molecule has 6 heteroatoms. The van der Waals surface area contributed by atoms with Gasteiger partial charge in [-0.2, -0.15) is 0 Å². The minimum atomic E-state index is -0.587. The lowest BCUT2D eigenvalue weighted by atomic mass is 10.0. The molecule has 0 spiro atoms. The number of Topliss-reactive ketones (excluding diaryl/α,β-unsaturated/α-hetero) is 1. The van der Waals surface area contributed by atoms with Crippen LogP contribution in [0.25, 0.3) is 0 Å². The van der Waals surface area contributed by atoms with E-state index < -0.39 is 11.7 Å². The van der Waals surface area contributed by atoms with Crippen molar-refractivity contribution in [2.75, 3.05) is 40.0 Å². The van der Waals surface area contributed by atoms with E-state index in [9.17, 15) is 9.59 Å². The lowest BCUT2D eigenvalue weighted by molar-refractivity contribution is -0.117. The van der Waals surface area contributed by atoms with Crippen molar-refractivity contribution in [3.63, 3.8) is 0 Å². The van der Waals surface area contributed by atoms with Gasteiger partial charge in [0.1, 0.15) is 5.75 Å². The molecule has 1 aliphatic heterocycles. The molecule has 0 radical (unpaired) electrons. The van der Waals surface area contributed by atoms with Gasteiger partial charge in [-0.1, -0.05) is 42.0 Å². The van der Waals surface area contributed by atoms with Crippen LogP contribution in [0.3, 0.4) is 0 Å². The Morgan fingerprint density at radius 3 is 2.32 bits per heavy atom. The second-order valence-electron chi connectivity index (χ2n) is 6.84. The van der Waals surface area contributed by atoms with E-state index in [0.717, 1.165) is 30.0 Å². The van der Waals surface area contributed by atoms with Gasteiger partial charge in [0, 0.05) is 25.2 Å². The molecule has 1 aliphatic rings. The summed E-state index contributed by atoms with van der Waals surface area (Å²) in [6.07, 6.45) is 0. The number of rotatable bonds is 7. The molecular formula is C22H26N2O4. The van der Waals surface area contributed by atoms with Gasteiger partial charge in [-0.15, -0.1) is 0 Å². The first-order valence-electron chi connectivity index (χ1n) is 9.43. The van der Waals surface area contributed by atoms with Gasteiger partial charge < -0.3 is 14.8 Å². The molecule has 1 fully saturated rings. The molecule has 6 nitrogen and oxygen atoms in total. The number of benzene rings is 2. The summed E-state index contributed by atoms with van der Waals surface area (Å²) in [5.74, 6) is -0.325. The predicted octanol–water partition coefficient (Wildman–Crippen LogP) is 2.38. The highest BCUT2D eigenvalue weighted by Gasteiger charge is 2.25. The molecule has 0 aromatic heterocycles. The van der Waals surface area contributed by atoms with Crippen molar-refractivity contribution in [1.82, 2.24) is 10.2 Å². The molecular weight excluding hydrogens is 356 g/mol. The average molecular weight is 382 g/mol. The van der Waals surface area contributed by atoms with Crippen LogP contribution in [0, 0.1) is 6.92 Å². The Balaban J connectivity index is 1.70. The largest absolute Gasteiger partial charge is 0.497 e. The number of carbonyl (C=O) groups excluding carboxylic acids is 2. The Bertz CT molecular complexity index is 796. The topological polar surface area (TPSA) is 67.9 Å². The molecule has 0 aliphatic carbocycles. The van der Waals surface area contributed by atoms with Crippen molar-refractivity contribution in [2.45, 2.75) is 13.0 Å². The first-order valence-corrected chi connectivity index (χ1v) is 9.43. The lowest BCUT2D eigenvalue weighted by Gasteiger charge is -2.35. The number of nitrogens with one attached hydrogen (secondary N) is 1. The number of ketones is 1. The number of ether oxygens (including phenoxy) is 2. The summed E-state index contributed by atoms with van der Waals surface area (Å²) >= 11 is 0. The van der Waals surface area contributed by atoms with Crippen molar-refractivity contribution in [3.8, 4) is 5.75 Å². The molecule has 0 saturated carbocycles. The minimum Gasteiger partial charge on any atom is -0.497 e. The van der Waals surface area contributed by atoms with Crippen LogP contribution in [0.1, 0.15) is 27.5 Å². The third-order valence-corrected chi connectivity index (χ3v) is 4.96. The average Bonchev–Trinajstić information content (AvgIpc) is 2.75. The Kier molecular flexibility index (Phi) is 6.79. The molecule has 1 atom stereocenters. The van der Waals surface area contributed by atoms with Crippen molar-refractivity contribution in [1.29, 1.82) is 0 Å². The predicted molar refractivity (Wildman–Crippen MR) is 107 cm³/mol. The molecule has 1 amide bonds. The maximum Gasteiger partial charge on any atom is 0.292 e. The van der Waals surface area contributed by atoms with Crippen LogP contribution < -0.4 is 10.1 Å². The fourth-order valence-corrected chi connectivity index (χ4v) is 3.28. The number of methoxy groups -OCH3 is 1. The first kappa shape index (κ1) is 20.0. The number of hydrogen-bond acceptors (Lipinski definition) is 5. The molecule has 0 bridgehead atoms. The fourth-order valence-electron chi connectivity index (χ4n) is 3.28. The van der Waals surface area contributed by atoms with Gasteiger partial charge in [0.15, 0.2) is 0 Å². The maximum atomic E-state index is 12.4. The Morgan fingerprint density at radius 2 is 1.71 bits per heavy atom. The second-order valence-corrected chi connectivity index (χ2v) is 6.84. The van der Waals surface area contributed by atoms with Crippen LogP contribution in [-0.4, -0.2) is 56.5 Å². The van der Waals surface area contributed by atoms with Gasteiger partial charge >= 0.3 is 0 Å². The Morgan fingerprint density at radius 1 is 1.07 bits per heavy atom. The third-order valence-electron chi connectivity index (χ3n) is 4.96. The van der Waals surface area contributed by atoms with E-state index in [-0.39, 0.29) is 6.04 Å². The highest BCUT2D eigenvalue weighted by Crippen LogP contribution is 2.23. The highest BCUT2D eigenvalue weighted by atomic mass is 16.5. The molecule has 1 N–H and O–H groups in total. The fraction of sp³-hybridized carbons (Fsp3) is 0.364. The summed E-state index contributed by atoms with van der Waals surface area (Å²) in [4.78, 5) is 27.1. The van der Waals surface area contributed by atoms with Crippen molar-refractivity contribution in [3.05, 3.63) is 65.2 Å². The standard InChI is InChI=1S/C22H26N2O4/c1-16-3-5-18(6-4-16)21(25)22(26)23-15-20(24-11-13-28-14-12-24)17-7-9-19(27-2)10-8-17/h3-10,20H,11-15H2,1-2H3,(H,23,26). The van der Waals surface area contributed by atoms with E-state index in [1.807, 2.05) is 43.3 Å². The van der Waals surface area contributed by atoms with Gasteiger partial charge in [0.2, 0.25) is 5.78 Å². The SMILES string of the molecule is COc1ccc(C(CNC(=O)C(=O)c2ccc(C)cc2)N2CCOCC2)cc1. The molecule has 2 aromatic carbocycles. The summed E-state index contributed by atoms with van der Waals surface area (Å²) in [5, 5.41) is 2.82. The van der Waals surface area contributed by atoms with E-state index in [0.29, 0.717) is 25.3 Å². The van der Waals surface area contributed by atoms with Crippen molar-refractivity contribution < 1.29 is 19.1 Å². The quantitative estimate of drug-likeness (QED) is 0.588. The van der Waals surface area contributed by atoms with Crippen LogP contribution in [0.2, 0.25) is 0 Å². The maximum absolute atomic E-state index is 12.4. The molecule has 2 aromatic rings. The molecule has 1 saturated heterocycles. The zero-order chi connectivity index (χ0) is 19.9. The minimum absolute atomic E-state index is 0.0374. The molecule has 28 heavy (non-hydrogen) atoms. The van der Waals surface area contributed by atoms with Gasteiger partial charge in [-0.3, -0.25) is 14.5 Å². The van der Waals surface area contributed by atoms with Gasteiger partial charge in [0.05, 0.1) is 26.4 Å². The van der Waals surface area contributed by atoms with Crippen LogP contribution in [0.15, 0.2) is 48.5 Å². The van der Waals surface area contributed by atoms with E-state index in [2.05, 4.69) is 10.2 Å².